The SMILES string of the molecule is CC(C)CC(C)(C)C.COC(=O)C(C)C. The Hall–Kier alpha value is -0.530. The average molecular weight is 216 g/mol. The molecule has 0 aromatic heterocycles. The molecule has 0 saturated carbocycles. The van der Waals surface area contributed by atoms with Gasteiger partial charge in [-0.3, -0.25) is 4.79 Å². The number of hydrogen-bond acceptors (Lipinski definition) is 2. The molecule has 0 unspecified atom stereocenters. The molecule has 0 aromatic rings. The number of carbonyl (C=O) groups excluding carboxylic acids is 1. The van der Waals surface area contributed by atoms with Gasteiger partial charge in [-0.05, 0) is 17.8 Å². The van der Waals surface area contributed by atoms with Gasteiger partial charge in [0.15, 0.2) is 0 Å². The lowest BCUT2D eigenvalue weighted by atomic mass is 9.86. The van der Waals surface area contributed by atoms with Crippen molar-refractivity contribution in [2.45, 2.75) is 54.9 Å². The van der Waals surface area contributed by atoms with Crippen LogP contribution in [-0.2, 0) is 9.53 Å². The maximum absolute atomic E-state index is 10.3. The molecule has 0 amide bonds. The smallest absolute Gasteiger partial charge is 0.308 e. The molecule has 0 aliphatic carbocycles. The molecule has 0 saturated heterocycles. The molecule has 15 heavy (non-hydrogen) atoms. The van der Waals surface area contributed by atoms with Gasteiger partial charge >= 0.3 is 5.97 Å². The second-order valence-corrected chi connectivity index (χ2v) is 5.84. The molecule has 0 N–H and O–H groups in total. The third-order valence-corrected chi connectivity index (χ3v) is 1.69. The minimum atomic E-state index is -0.153. The first-order valence-corrected chi connectivity index (χ1v) is 5.68. The van der Waals surface area contributed by atoms with Crippen LogP contribution in [0.25, 0.3) is 0 Å². The monoisotopic (exact) mass is 216 g/mol. The Morgan fingerprint density at radius 1 is 1.13 bits per heavy atom. The number of esters is 1. The number of rotatable bonds is 2. The van der Waals surface area contributed by atoms with Crippen LogP contribution >= 0.6 is 0 Å². The summed E-state index contributed by atoms with van der Waals surface area (Å²) < 4.78 is 4.37. The van der Waals surface area contributed by atoms with Gasteiger partial charge in [-0.2, -0.15) is 0 Å². The zero-order valence-electron chi connectivity index (χ0n) is 11.7. The second kappa shape index (κ2) is 7.72. The van der Waals surface area contributed by atoms with E-state index in [1.807, 2.05) is 0 Å². The van der Waals surface area contributed by atoms with Crippen molar-refractivity contribution in [3.63, 3.8) is 0 Å². The van der Waals surface area contributed by atoms with Crippen molar-refractivity contribution in [2.24, 2.45) is 17.3 Å². The van der Waals surface area contributed by atoms with Gasteiger partial charge in [0.25, 0.3) is 0 Å². The maximum Gasteiger partial charge on any atom is 0.308 e. The molecule has 2 heteroatoms. The van der Waals surface area contributed by atoms with Crippen molar-refractivity contribution >= 4 is 5.97 Å². The fourth-order valence-corrected chi connectivity index (χ4v) is 1.46. The summed E-state index contributed by atoms with van der Waals surface area (Å²) in [7, 11) is 1.39. The summed E-state index contributed by atoms with van der Waals surface area (Å²) >= 11 is 0. The van der Waals surface area contributed by atoms with Crippen LogP contribution in [0.15, 0.2) is 0 Å². The van der Waals surface area contributed by atoms with Gasteiger partial charge in [-0.1, -0.05) is 48.5 Å². The first-order chi connectivity index (χ1) is 6.60. The number of carbonyl (C=O) groups is 1. The predicted molar refractivity (Wildman–Crippen MR) is 65.8 cm³/mol. The molecule has 0 aliphatic heterocycles. The third kappa shape index (κ3) is 16.2. The van der Waals surface area contributed by atoms with E-state index in [0.717, 1.165) is 5.92 Å². The Labute approximate surface area is 95.4 Å². The largest absolute Gasteiger partial charge is 0.469 e. The van der Waals surface area contributed by atoms with E-state index in [1.54, 1.807) is 13.8 Å². The molecule has 2 nitrogen and oxygen atoms in total. The molecule has 0 rings (SSSR count). The Morgan fingerprint density at radius 2 is 1.53 bits per heavy atom. The minimum Gasteiger partial charge on any atom is -0.469 e. The zero-order valence-corrected chi connectivity index (χ0v) is 11.7. The van der Waals surface area contributed by atoms with E-state index in [9.17, 15) is 4.79 Å². The number of methoxy groups -OCH3 is 1. The van der Waals surface area contributed by atoms with Crippen LogP contribution in [-0.4, -0.2) is 13.1 Å². The van der Waals surface area contributed by atoms with Gasteiger partial charge < -0.3 is 4.74 Å². The summed E-state index contributed by atoms with van der Waals surface area (Å²) in [6.07, 6.45) is 1.33. The van der Waals surface area contributed by atoms with Crippen LogP contribution in [0.4, 0.5) is 0 Å². The van der Waals surface area contributed by atoms with E-state index in [0.29, 0.717) is 5.41 Å². The molecule has 0 atom stereocenters. The molecular formula is C13H28O2. The second-order valence-electron chi connectivity index (χ2n) is 5.84. The molecule has 0 radical (unpaired) electrons. The van der Waals surface area contributed by atoms with E-state index in [1.165, 1.54) is 13.5 Å². The normalized spacial score (nSPS) is 11.1. The molecular weight excluding hydrogens is 188 g/mol. The summed E-state index contributed by atoms with van der Waals surface area (Å²) in [5, 5.41) is 0. The van der Waals surface area contributed by atoms with Crippen molar-refractivity contribution in [1.82, 2.24) is 0 Å². The highest BCUT2D eigenvalue weighted by Crippen LogP contribution is 2.23. The first kappa shape index (κ1) is 16.9. The van der Waals surface area contributed by atoms with Crippen LogP contribution in [0.2, 0.25) is 0 Å². The lowest BCUT2D eigenvalue weighted by Crippen LogP contribution is -2.08. The quantitative estimate of drug-likeness (QED) is 0.654. The van der Waals surface area contributed by atoms with Crippen molar-refractivity contribution in [3.8, 4) is 0 Å². The molecule has 0 spiro atoms. The summed E-state index contributed by atoms with van der Waals surface area (Å²) in [4.78, 5) is 10.3. The van der Waals surface area contributed by atoms with E-state index in [4.69, 9.17) is 0 Å². The maximum atomic E-state index is 10.3. The van der Waals surface area contributed by atoms with Crippen LogP contribution in [0.3, 0.4) is 0 Å². The summed E-state index contributed by atoms with van der Waals surface area (Å²) in [6.45, 7) is 15.0. The molecule has 0 aromatic carbocycles. The predicted octanol–water partition coefficient (Wildman–Crippen LogP) is 3.89. The highest BCUT2D eigenvalue weighted by molar-refractivity contribution is 5.71. The van der Waals surface area contributed by atoms with Crippen molar-refractivity contribution in [3.05, 3.63) is 0 Å². The van der Waals surface area contributed by atoms with Crippen molar-refractivity contribution in [1.29, 1.82) is 0 Å². The summed E-state index contributed by atoms with van der Waals surface area (Å²) in [5.74, 6) is 0.694. The Balaban J connectivity index is 0. The Kier molecular flexibility index (Phi) is 8.69. The number of ether oxygens (including phenoxy) is 1. The van der Waals surface area contributed by atoms with Crippen molar-refractivity contribution < 1.29 is 9.53 Å². The first-order valence-electron chi connectivity index (χ1n) is 5.68. The fraction of sp³-hybridized carbons (Fsp3) is 0.923. The lowest BCUT2D eigenvalue weighted by Gasteiger charge is -2.19. The van der Waals surface area contributed by atoms with Gasteiger partial charge in [0, 0.05) is 0 Å². The van der Waals surface area contributed by atoms with Gasteiger partial charge in [0.05, 0.1) is 13.0 Å². The average Bonchev–Trinajstić information content (AvgIpc) is 1.99. The highest BCUT2D eigenvalue weighted by Gasteiger charge is 2.11. The summed E-state index contributed by atoms with van der Waals surface area (Å²) in [5.41, 5.74) is 0.522. The molecule has 92 valence electrons. The van der Waals surface area contributed by atoms with Crippen LogP contribution in [0.5, 0.6) is 0 Å². The van der Waals surface area contributed by atoms with Gasteiger partial charge in [0.1, 0.15) is 0 Å². The Bertz CT molecular complexity index is 164. The number of hydrogen-bond donors (Lipinski definition) is 0. The molecule has 0 fully saturated rings. The fourth-order valence-electron chi connectivity index (χ4n) is 1.46. The van der Waals surface area contributed by atoms with Gasteiger partial charge in [0.2, 0.25) is 0 Å². The molecule has 0 aliphatic rings. The topological polar surface area (TPSA) is 26.3 Å². The van der Waals surface area contributed by atoms with Crippen LogP contribution < -0.4 is 0 Å². The van der Waals surface area contributed by atoms with Gasteiger partial charge in [-0.15, -0.1) is 0 Å². The zero-order chi connectivity index (χ0) is 12.6. The molecule has 0 heterocycles. The van der Waals surface area contributed by atoms with Crippen LogP contribution in [0.1, 0.15) is 54.9 Å². The van der Waals surface area contributed by atoms with E-state index in [2.05, 4.69) is 39.4 Å². The lowest BCUT2D eigenvalue weighted by molar-refractivity contribution is -0.144. The van der Waals surface area contributed by atoms with Crippen LogP contribution in [0, 0.1) is 17.3 Å². The Morgan fingerprint density at radius 3 is 1.53 bits per heavy atom. The minimum absolute atomic E-state index is 0.00463. The molecule has 0 bridgehead atoms. The third-order valence-electron chi connectivity index (χ3n) is 1.69. The van der Waals surface area contributed by atoms with E-state index < -0.39 is 0 Å². The van der Waals surface area contributed by atoms with E-state index in [-0.39, 0.29) is 11.9 Å². The van der Waals surface area contributed by atoms with Gasteiger partial charge in [-0.25, -0.2) is 0 Å². The summed E-state index contributed by atoms with van der Waals surface area (Å²) in [6, 6.07) is 0. The van der Waals surface area contributed by atoms with E-state index >= 15 is 0 Å². The standard InChI is InChI=1S/C8H18.C5H10O2/c1-7(2)6-8(3,4)5;1-4(2)5(6)7-3/h7H,6H2,1-5H3;4H,1-3H3. The highest BCUT2D eigenvalue weighted by atomic mass is 16.5. The van der Waals surface area contributed by atoms with Crippen molar-refractivity contribution in [2.75, 3.05) is 7.11 Å².